The van der Waals surface area contributed by atoms with E-state index in [0.29, 0.717) is 6.42 Å². The van der Waals surface area contributed by atoms with Gasteiger partial charge in [-0.3, -0.25) is 4.79 Å². The van der Waals surface area contributed by atoms with Crippen LogP contribution in [0.15, 0.2) is 30.3 Å². The molecule has 0 aromatic heterocycles. The molecule has 0 spiro atoms. The summed E-state index contributed by atoms with van der Waals surface area (Å²) >= 11 is 0. The fourth-order valence-electron chi connectivity index (χ4n) is 5.02. The maximum absolute atomic E-state index is 12.8. The van der Waals surface area contributed by atoms with Crippen LogP contribution in [0, 0.1) is 10.8 Å². The minimum Gasteiger partial charge on any atom is -0.384 e. The van der Waals surface area contributed by atoms with Crippen LogP contribution < -0.4 is 10.6 Å². The SMILES string of the molecule is COCC1(CNC(=O)CC2(CCc3ccccc3)CCCC2)CCNCC1.Cl. The summed E-state index contributed by atoms with van der Waals surface area (Å²) in [7, 11) is 1.77. The van der Waals surface area contributed by atoms with Gasteiger partial charge in [0.05, 0.1) is 6.61 Å². The summed E-state index contributed by atoms with van der Waals surface area (Å²) < 4.78 is 5.48. The van der Waals surface area contributed by atoms with Crippen molar-refractivity contribution in [2.45, 2.75) is 57.8 Å². The molecule has 4 nitrogen and oxygen atoms in total. The van der Waals surface area contributed by atoms with Crippen molar-refractivity contribution >= 4 is 18.3 Å². The van der Waals surface area contributed by atoms with Gasteiger partial charge < -0.3 is 15.4 Å². The number of carbonyl (C=O) groups is 1. The second kappa shape index (κ2) is 11.2. The Balaban J connectivity index is 0.00000280. The highest BCUT2D eigenvalue weighted by Crippen LogP contribution is 2.44. The van der Waals surface area contributed by atoms with Crippen LogP contribution in [0.2, 0.25) is 0 Å². The molecule has 2 N–H and O–H groups in total. The first-order valence-electron chi connectivity index (χ1n) is 10.7. The van der Waals surface area contributed by atoms with Gasteiger partial charge in [0.2, 0.25) is 5.91 Å². The smallest absolute Gasteiger partial charge is 0.220 e. The van der Waals surface area contributed by atoms with E-state index >= 15 is 0 Å². The lowest BCUT2D eigenvalue weighted by molar-refractivity contribution is -0.124. The molecule has 1 heterocycles. The van der Waals surface area contributed by atoms with E-state index in [-0.39, 0.29) is 29.1 Å². The molecule has 0 unspecified atom stereocenters. The van der Waals surface area contributed by atoms with Crippen LogP contribution in [0.4, 0.5) is 0 Å². The maximum atomic E-state index is 12.8. The molecule has 0 bridgehead atoms. The van der Waals surface area contributed by atoms with Crippen LogP contribution in [-0.4, -0.2) is 39.3 Å². The molecule has 2 fully saturated rings. The van der Waals surface area contributed by atoms with Crippen LogP contribution in [0.25, 0.3) is 0 Å². The Kier molecular flexibility index (Phi) is 9.26. The Morgan fingerprint density at radius 3 is 2.39 bits per heavy atom. The van der Waals surface area contributed by atoms with Gasteiger partial charge in [-0.15, -0.1) is 12.4 Å². The van der Waals surface area contributed by atoms with Crippen LogP contribution >= 0.6 is 12.4 Å². The lowest BCUT2D eigenvalue weighted by Gasteiger charge is -2.37. The second-order valence-electron chi connectivity index (χ2n) is 8.83. The van der Waals surface area contributed by atoms with E-state index in [1.54, 1.807) is 7.11 Å². The second-order valence-corrected chi connectivity index (χ2v) is 8.83. The van der Waals surface area contributed by atoms with Gasteiger partial charge in [0, 0.05) is 25.5 Å². The third-order valence-corrected chi connectivity index (χ3v) is 6.76. The van der Waals surface area contributed by atoms with Gasteiger partial charge in [-0.2, -0.15) is 0 Å². The van der Waals surface area contributed by atoms with Gasteiger partial charge in [0.25, 0.3) is 0 Å². The van der Waals surface area contributed by atoms with Crippen molar-refractivity contribution in [3.8, 4) is 0 Å². The molecule has 158 valence electrons. The van der Waals surface area contributed by atoms with Crippen molar-refractivity contribution in [1.82, 2.24) is 10.6 Å². The van der Waals surface area contributed by atoms with E-state index in [4.69, 9.17) is 4.74 Å². The van der Waals surface area contributed by atoms with E-state index in [1.807, 2.05) is 0 Å². The molecule has 1 saturated carbocycles. The third kappa shape index (κ3) is 6.47. The number of amides is 1. The molecular weight excluding hydrogens is 372 g/mol. The Morgan fingerprint density at radius 2 is 1.75 bits per heavy atom. The molecule has 0 atom stereocenters. The number of benzene rings is 1. The molecule has 28 heavy (non-hydrogen) atoms. The average molecular weight is 409 g/mol. The predicted octanol–water partition coefficient (Wildman–Crippen LogP) is 4.12. The van der Waals surface area contributed by atoms with Crippen LogP contribution in [0.3, 0.4) is 0 Å². The number of carbonyl (C=O) groups excluding carboxylic acids is 1. The van der Waals surface area contributed by atoms with Crippen molar-refractivity contribution in [3.63, 3.8) is 0 Å². The van der Waals surface area contributed by atoms with Gasteiger partial charge in [0.1, 0.15) is 0 Å². The molecule has 1 aliphatic heterocycles. The highest BCUT2D eigenvalue weighted by atomic mass is 35.5. The number of ether oxygens (including phenoxy) is 1. The predicted molar refractivity (Wildman–Crippen MR) is 117 cm³/mol. The first-order valence-corrected chi connectivity index (χ1v) is 10.7. The van der Waals surface area contributed by atoms with Gasteiger partial charge in [-0.05, 0) is 62.6 Å². The summed E-state index contributed by atoms with van der Waals surface area (Å²) in [6.07, 6.45) is 9.94. The lowest BCUT2D eigenvalue weighted by Crippen LogP contribution is -2.47. The Labute approximate surface area is 176 Å². The number of aryl methyl sites for hydroxylation is 1. The third-order valence-electron chi connectivity index (χ3n) is 6.76. The maximum Gasteiger partial charge on any atom is 0.220 e. The summed E-state index contributed by atoms with van der Waals surface area (Å²) in [4.78, 5) is 12.8. The highest BCUT2D eigenvalue weighted by Gasteiger charge is 2.37. The van der Waals surface area contributed by atoms with E-state index in [1.165, 1.54) is 31.2 Å². The van der Waals surface area contributed by atoms with Gasteiger partial charge in [-0.25, -0.2) is 0 Å². The van der Waals surface area contributed by atoms with E-state index in [2.05, 4.69) is 41.0 Å². The first-order chi connectivity index (χ1) is 13.2. The molecule has 3 rings (SSSR count). The van der Waals surface area contributed by atoms with Crippen molar-refractivity contribution < 1.29 is 9.53 Å². The number of nitrogens with one attached hydrogen (secondary N) is 2. The van der Waals surface area contributed by atoms with Gasteiger partial charge in [-0.1, -0.05) is 43.2 Å². The van der Waals surface area contributed by atoms with Crippen molar-refractivity contribution in [2.24, 2.45) is 10.8 Å². The van der Waals surface area contributed by atoms with Crippen LogP contribution in [-0.2, 0) is 16.0 Å². The number of rotatable bonds is 9. The monoisotopic (exact) mass is 408 g/mol. The fraction of sp³-hybridized carbons (Fsp3) is 0.696. The highest BCUT2D eigenvalue weighted by molar-refractivity contribution is 5.85. The summed E-state index contributed by atoms with van der Waals surface area (Å²) in [5.41, 5.74) is 1.68. The molecule has 1 aromatic carbocycles. The molecular formula is C23H37ClN2O2. The summed E-state index contributed by atoms with van der Waals surface area (Å²) in [5.74, 6) is 0.235. The molecule has 2 aliphatic rings. The molecule has 1 saturated heterocycles. The zero-order valence-electron chi connectivity index (χ0n) is 17.3. The van der Waals surface area contributed by atoms with Crippen molar-refractivity contribution in [1.29, 1.82) is 0 Å². The minimum atomic E-state index is 0. The minimum absolute atomic E-state index is 0. The number of hydrogen-bond acceptors (Lipinski definition) is 3. The Bertz CT molecular complexity index is 576. The number of piperidine rings is 1. The van der Waals surface area contributed by atoms with Gasteiger partial charge in [0.15, 0.2) is 0 Å². The number of hydrogen-bond donors (Lipinski definition) is 2. The summed E-state index contributed by atoms with van der Waals surface area (Å²) in [6.45, 7) is 3.50. The number of methoxy groups -OCH3 is 1. The van der Waals surface area contributed by atoms with Gasteiger partial charge >= 0.3 is 0 Å². The average Bonchev–Trinajstić information content (AvgIpc) is 3.15. The first kappa shape index (κ1) is 23.2. The molecule has 1 aliphatic carbocycles. The molecule has 5 heteroatoms. The number of halogens is 1. The molecule has 1 aromatic rings. The quantitative estimate of drug-likeness (QED) is 0.646. The lowest BCUT2D eigenvalue weighted by atomic mass is 9.76. The largest absolute Gasteiger partial charge is 0.384 e. The van der Waals surface area contributed by atoms with E-state index in [9.17, 15) is 4.79 Å². The van der Waals surface area contributed by atoms with Crippen LogP contribution in [0.5, 0.6) is 0 Å². The zero-order valence-corrected chi connectivity index (χ0v) is 18.1. The van der Waals surface area contributed by atoms with Crippen molar-refractivity contribution in [2.75, 3.05) is 33.4 Å². The zero-order chi connectivity index (χ0) is 19.0. The summed E-state index contributed by atoms with van der Waals surface area (Å²) in [6, 6.07) is 10.7. The normalized spacial score (nSPS) is 20.3. The summed E-state index contributed by atoms with van der Waals surface area (Å²) in [5, 5.41) is 6.70. The molecule has 0 radical (unpaired) electrons. The fourth-order valence-corrected chi connectivity index (χ4v) is 5.02. The van der Waals surface area contributed by atoms with Crippen LogP contribution in [0.1, 0.15) is 56.9 Å². The standard InChI is InChI=1S/C23H36N2O2.ClH/c1-27-19-23(13-15-24-16-14-23)18-25-21(26)17-22(10-5-6-11-22)12-9-20-7-3-2-4-8-20;/h2-4,7-8,24H,5-6,9-19H2,1H3,(H,25,26);1H. The van der Waals surface area contributed by atoms with E-state index < -0.39 is 0 Å². The van der Waals surface area contributed by atoms with E-state index in [0.717, 1.165) is 51.9 Å². The topological polar surface area (TPSA) is 50.4 Å². The molecule has 1 amide bonds. The van der Waals surface area contributed by atoms with Crippen molar-refractivity contribution in [3.05, 3.63) is 35.9 Å². The Hall–Kier alpha value is -1.10. The Morgan fingerprint density at radius 1 is 1.07 bits per heavy atom.